The molecule has 0 fully saturated rings. The minimum absolute atomic E-state index is 0.0350. The van der Waals surface area contributed by atoms with E-state index in [0.29, 0.717) is 17.9 Å². The maximum Gasteiger partial charge on any atom is 0.273 e. The molecule has 0 heterocycles. The van der Waals surface area contributed by atoms with E-state index in [1.807, 2.05) is 13.2 Å². The molecule has 0 radical (unpaired) electrons. The molecule has 1 rings (SSSR count). The molecule has 6 heteroatoms. The molecule has 0 aliphatic heterocycles. The Labute approximate surface area is 110 Å². The van der Waals surface area contributed by atoms with Gasteiger partial charge >= 0.3 is 0 Å². The van der Waals surface area contributed by atoms with Crippen LogP contribution < -0.4 is 4.74 Å². The number of nitro groups is 1. The molecule has 0 bridgehead atoms. The summed E-state index contributed by atoms with van der Waals surface area (Å²) in [5.41, 5.74) is 0.899. The molecule has 1 aromatic carbocycles. The summed E-state index contributed by atoms with van der Waals surface area (Å²) < 4.78 is 5.56. The topological polar surface area (TPSA) is 72.6 Å². The molecule has 1 N–H and O–H groups in total. The monoisotopic (exact) mass is 271 g/mol. The Kier molecular flexibility index (Phi) is 5.94. The number of non-ortho nitro benzene ring substituents is 1. The maximum atomic E-state index is 10.8. The largest absolute Gasteiger partial charge is 0.490 e. The number of benzene rings is 1. The van der Waals surface area contributed by atoms with E-state index in [1.54, 1.807) is 23.9 Å². The third-order valence-corrected chi connectivity index (χ3v) is 2.97. The van der Waals surface area contributed by atoms with Crippen molar-refractivity contribution in [2.45, 2.75) is 25.2 Å². The van der Waals surface area contributed by atoms with Crippen LogP contribution in [0.1, 0.15) is 18.9 Å². The molecule has 5 nitrogen and oxygen atoms in total. The Balaban J connectivity index is 2.91. The van der Waals surface area contributed by atoms with Gasteiger partial charge in [-0.3, -0.25) is 10.1 Å². The highest BCUT2D eigenvalue weighted by molar-refractivity contribution is 7.97. The lowest BCUT2D eigenvalue weighted by molar-refractivity contribution is -0.385. The summed E-state index contributed by atoms with van der Waals surface area (Å²) in [5, 5.41) is 19.6. The summed E-state index contributed by atoms with van der Waals surface area (Å²) in [6, 6.07) is 4.77. The minimum atomic E-state index is -0.423. The van der Waals surface area contributed by atoms with Crippen LogP contribution in [-0.2, 0) is 5.75 Å². The molecular formula is C12H17NO4S. The second-order valence-corrected chi connectivity index (χ2v) is 4.83. The number of thioether (sulfide) groups is 1. The maximum absolute atomic E-state index is 10.8. The Morgan fingerprint density at radius 2 is 2.22 bits per heavy atom. The average Bonchev–Trinajstić information content (AvgIpc) is 2.29. The van der Waals surface area contributed by atoms with Gasteiger partial charge in [0.15, 0.2) is 0 Å². The Hall–Kier alpha value is -1.27. The van der Waals surface area contributed by atoms with Crippen molar-refractivity contribution in [2.75, 3.05) is 12.9 Å². The van der Waals surface area contributed by atoms with Gasteiger partial charge in [0.05, 0.1) is 17.1 Å². The summed E-state index contributed by atoms with van der Waals surface area (Å²) in [7, 11) is 0. The van der Waals surface area contributed by atoms with Crippen molar-refractivity contribution >= 4 is 17.4 Å². The van der Waals surface area contributed by atoms with E-state index in [2.05, 4.69) is 0 Å². The van der Waals surface area contributed by atoms with Gasteiger partial charge in [-0.2, -0.15) is 11.8 Å². The molecule has 0 amide bonds. The minimum Gasteiger partial charge on any atom is -0.490 e. The fraction of sp³-hybridized carbons (Fsp3) is 0.500. The van der Waals surface area contributed by atoms with Crippen molar-refractivity contribution < 1.29 is 14.8 Å². The smallest absolute Gasteiger partial charge is 0.273 e. The van der Waals surface area contributed by atoms with Gasteiger partial charge in [0, 0.05) is 24.8 Å². The molecule has 0 aliphatic carbocycles. The molecule has 0 spiro atoms. The van der Waals surface area contributed by atoms with Crippen LogP contribution in [0.4, 0.5) is 5.69 Å². The number of aliphatic hydroxyl groups is 1. The summed E-state index contributed by atoms with van der Waals surface area (Å²) in [5.74, 6) is 1.18. The van der Waals surface area contributed by atoms with E-state index < -0.39 is 4.92 Å². The van der Waals surface area contributed by atoms with Gasteiger partial charge in [-0.05, 0) is 24.8 Å². The van der Waals surface area contributed by atoms with Gasteiger partial charge in [-0.25, -0.2) is 0 Å². The van der Waals surface area contributed by atoms with Crippen molar-refractivity contribution in [3.05, 3.63) is 33.9 Å². The molecule has 0 aliphatic rings. The number of rotatable bonds is 7. The number of hydrogen-bond acceptors (Lipinski definition) is 5. The van der Waals surface area contributed by atoms with Crippen molar-refractivity contribution in [3.63, 3.8) is 0 Å². The molecule has 0 saturated carbocycles. The van der Waals surface area contributed by atoms with Crippen LogP contribution in [0.15, 0.2) is 18.2 Å². The quantitative estimate of drug-likeness (QED) is 0.609. The summed E-state index contributed by atoms with van der Waals surface area (Å²) in [4.78, 5) is 10.4. The summed E-state index contributed by atoms with van der Waals surface area (Å²) in [6.45, 7) is 1.86. The first kappa shape index (κ1) is 14.8. The molecule has 1 atom stereocenters. The highest BCUT2D eigenvalue weighted by Crippen LogP contribution is 2.25. The van der Waals surface area contributed by atoms with Crippen LogP contribution in [0.2, 0.25) is 0 Å². The normalized spacial score (nSPS) is 12.2. The third kappa shape index (κ3) is 4.54. The lowest BCUT2D eigenvalue weighted by atomic mass is 10.2. The van der Waals surface area contributed by atoms with Gasteiger partial charge in [-0.15, -0.1) is 0 Å². The predicted molar refractivity (Wildman–Crippen MR) is 72.1 cm³/mol. The highest BCUT2D eigenvalue weighted by atomic mass is 32.2. The van der Waals surface area contributed by atoms with E-state index in [-0.39, 0.29) is 18.4 Å². The molecule has 0 aromatic heterocycles. The molecular weight excluding hydrogens is 254 g/mol. The van der Waals surface area contributed by atoms with Gasteiger partial charge in [0.1, 0.15) is 5.75 Å². The van der Waals surface area contributed by atoms with Gasteiger partial charge in [0.2, 0.25) is 0 Å². The first-order chi connectivity index (χ1) is 8.56. The van der Waals surface area contributed by atoms with E-state index in [9.17, 15) is 10.1 Å². The second-order valence-electron chi connectivity index (χ2n) is 3.97. The third-order valence-electron chi connectivity index (χ3n) is 2.35. The first-order valence-electron chi connectivity index (χ1n) is 5.61. The van der Waals surface area contributed by atoms with Crippen LogP contribution in [-0.4, -0.2) is 29.0 Å². The zero-order valence-corrected chi connectivity index (χ0v) is 11.3. The molecule has 1 aromatic rings. The van der Waals surface area contributed by atoms with Gasteiger partial charge in [-0.1, -0.05) is 0 Å². The second kappa shape index (κ2) is 7.23. The number of nitrogens with zero attached hydrogens (tertiary/aromatic N) is 1. The van der Waals surface area contributed by atoms with Gasteiger partial charge in [0.25, 0.3) is 5.69 Å². The molecule has 100 valence electrons. The predicted octanol–water partition coefficient (Wildman–Crippen LogP) is 2.61. The Morgan fingerprint density at radius 3 is 2.78 bits per heavy atom. The average molecular weight is 271 g/mol. The zero-order chi connectivity index (χ0) is 13.5. The van der Waals surface area contributed by atoms with Crippen molar-refractivity contribution in [1.29, 1.82) is 0 Å². The fourth-order valence-electron chi connectivity index (χ4n) is 1.54. The lowest BCUT2D eigenvalue weighted by Gasteiger charge is -2.14. The van der Waals surface area contributed by atoms with Crippen molar-refractivity contribution in [1.82, 2.24) is 0 Å². The van der Waals surface area contributed by atoms with E-state index in [4.69, 9.17) is 9.84 Å². The molecule has 0 unspecified atom stereocenters. The van der Waals surface area contributed by atoms with Gasteiger partial charge < -0.3 is 9.84 Å². The highest BCUT2D eigenvalue weighted by Gasteiger charge is 2.12. The van der Waals surface area contributed by atoms with E-state index in [0.717, 1.165) is 5.56 Å². The van der Waals surface area contributed by atoms with Crippen LogP contribution in [0.25, 0.3) is 0 Å². The SMILES string of the molecule is CSCc1cc(O[C@@H](C)CCO)cc([N+](=O)[O-])c1. The van der Waals surface area contributed by atoms with Crippen LogP contribution in [0, 0.1) is 10.1 Å². The summed E-state index contributed by atoms with van der Waals surface area (Å²) >= 11 is 1.59. The van der Waals surface area contributed by atoms with E-state index in [1.165, 1.54) is 6.07 Å². The number of nitro benzene ring substituents is 1. The summed E-state index contributed by atoms with van der Waals surface area (Å²) in [6.07, 6.45) is 2.27. The number of aliphatic hydroxyl groups excluding tert-OH is 1. The number of ether oxygens (including phenoxy) is 1. The Morgan fingerprint density at radius 1 is 1.50 bits per heavy atom. The van der Waals surface area contributed by atoms with Crippen LogP contribution in [0.5, 0.6) is 5.75 Å². The molecule has 18 heavy (non-hydrogen) atoms. The fourth-order valence-corrected chi connectivity index (χ4v) is 2.04. The van der Waals surface area contributed by atoms with Crippen molar-refractivity contribution in [3.8, 4) is 5.75 Å². The first-order valence-corrected chi connectivity index (χ1v) is 7.01. The van der Waals surface area contributed by atoms with Crippen LogP contribution >= 0.6 is 11.8 Å². The standard InChI is InChI=1S/C12H17NO4S/c1-9(3-4-14)17-12-6-10(8-18-2)5-11(7-12)13(15)16/h5-7,9,14H,3-4,8H2,1-2H3/t9-/m0/s1. The van der Waals surface area contributed by atoms with E-state index >= 15 is 0 Å². The van der Waals surface area contributed by atoms with Crippen LogP contribution in [0.3, 0.4) is 0 Å². The number of hydrogen-bond donors (Lipinski definition) is 1. The Bertz CT molecular complexity index is 411. The zero-order valence-electron chi connectivity index (χ0n) is 10.5. The molecule has 0 saturated heterocycles. The lowest BCUT2D eigenvalue weighted by Crippen LogP contribution is -2.13. The van der Waals surface area contributed by atoms with Crippen molar-refractivity contribution in [2.24, 2.45) is 0 Å².